The molecule has 0 saturated carbocycles. The lowest BCUT2D eigenvalue weighted by Crippen LogP contribution is -2.30. The van der Waals surface area contributed by atoms with Crippen LogP contribution in [0.4, 0.5) is 11.4 Å². The molecule has 0 saturated heterocycles. The van der Waals surface area contributed by atoms with Crippen LogP contribution in [0.3, 0.4) is 0 Å². The minimum Gasteiger partial charge on any atom is -0.395 e. The van der Waals surface area contributed by atoms with Gasteiger partial charge in [-0.3, -0.25) is 10.1 Å². The van der Waals surface area contributed by atoms with Gasteiger partial charge in [0.1, 0.15) is 5.69 Å². The van der Waals surface area contributed by atoms with Gasteiger partial charge in [0.25, 0.3) is 5.69 Å². The highest BCUT2D eigenvalue weighted by atomic mass is 32.2. The summed E-state index contributed by atoms with van der Waals surface area (Å²) in [6.45, 7) is -0.408. The van der Waals surface area contributed by atoms with Gasteiger partial charge in [0, 0.05) is 19.2 Å². The van der Waals surface area contributed by atoms with Crippen molar-refractivity contribution < 1.29 is 23.6 Å². The monoisotopic (exact) mass is 305 g/mol. The van der Waals surface area contributed by atoms with Crippen LogP contribution >= 0.6 is 0 Å². The van der Waals surface area contributed by atoms with Crippen LogP contribution < -0.4 is 10.0 Å². The number of hydrogen-bond acceptors (Lipinski definition) is 7. The molecule has 0 aromatic heterocycles. The van der Waals surface area contributed by atoms with E-state index in [1.165, 1.54) is 11.0 Å². The molecular weight excluding hydrogens is 290 g/mol. The van der Waals surface area contributed by atoms with E-state index in [-0.39, 0.29) is 36.9 Å². The molecule has 20 heavy (non-hydrogen) atoms. The molecule has 0 heterocycles. The summed E-state index contributed by atoms with van der Waals surface area (Å²) in [4.78, 5) is 11.3. The van der Waals surface area contributed by atoms with Crippen molar-refractivity contribution in [1.82, 2.24) is 0 Å². The number of primary sulfonamides is 1. The Morgan fingerprint density at radius 3 is 2.20 bits per heavy atom. The number of aliphatic hydroxyl groups excluding tert-OH is 2. The van der Waals surface area contributed by atoms with E-state index < -0.39 is 20.6 Å². The summed E-state index contributed by atoms with van der Waals surface area (Å²) in [6.07, 6.45) is 0. The molecule has 10 heteroatoms. The highest BCUT2D eigenvalue weighted by Crippen LogP contribution is 2.30. The first kappa shape index (κ1) is 16.3. The molecule has 0 aliphatic carbocycles. The zero-order chi connectivity index (χ0) is 15.3. The summed E-state index contributed by atoms with van der Waals surface area (Å²) in [5.41, 5.74) is -0.357. The molecule has 4 N–H and O–H groups in total. The number of rotatable bonds is 7. The van der Waals surface area contributed by atoms with E-state index in [0.29, 0.717) is 0 Å². The Labute approximate surface area is 115 Å². The Balaban J connectivity index is 3.35. The summed E-state index contributed by atoms with van der Waals surface area (Å²) < 4.78 is 22.4. The fourth-order valence-corrected chi connectivity index (χ4v) is 2.22. The highest BCUT2D eigenvalue weighted by Gasteiger charge is 2.22. The van der Waals surface area contributed by atoms with Gasteiger partial charge in [-0.05, 0) is 12.1 Å². The number of nitro benzene ring substituents is 1. The van der Waals surface area contributed by atoms with Gasteiger partial charge in [-0.2, -0.15) is 0 Å². The van der Waals surface area contributed by atoms with Crippen LogP contribution in [0.25, 0.3) is 0 Å². The minimum absolute atomic E-state index is 0.0656. The predicted molar refractivity (Wildman–Crippen MR) is 70.9 cm³/mol. The predicted octanol–water partition coefficient (Wildman–Crippen LogP) is -0.967. The molecule has 0 spiro atoms. The number of nitrogens with zero attached hydrogens (tertiary/aromatic N) is 2. The first-order valence-corrected chi connectivity index (χ1v) is 7.13. The number of sulfonamides is 1. The van der Waals surface area contributed by atoms with Crippen molar-refractivity contribution in [2.75, 3.05) is 31.2 Å². The SMILES string of the molecule is NS(=O)(=O)c1ccc(N(CCO)CCO)c([N+](=O)[O-])c1. The number of anilines is 1. The largest absolute Gasteiger partial charge is 0.395 e. The average molecular weight is 305 g/mol. The first-order chi connectivity index (χ1) is 9.31. The van der Waals surface area contributed by atoms with Crippen LogP contribution in [0.1, 0.15) is 0 Å². The summed E-state index contributed by atoms with van der Waals surface area (Å²) in [5, 5.41) is 33.8. The highest BCUT2D eigenvalue weighted by molar-refractivity contribution is 7.89. The van der Waals surface area contributed by atoms with Crippen molar-refractivity contribution in [2.45, 2.75) is 4.90 Å². The first-order valence-electron chi connectivity index (χ1n) is 5.59. The molecule has 9 nitrogen and oxygen atoms in total. The molecule has 1 aromatic rings. The van der Waals surface area contributed by atoms with Crippen LogP contribution in [0, 0.1) is 10.1 Å². The van der Waals surface area contributed by atoms with E-state index in [4.69, 9.17) is 15.4 Å². The summed E-state index contributed by atoms with van der Waals surface area (Å²) in [5.74, 6) is 0. The number of hydrogen-bond donors (Lipinski definition) is 3. The van der Waals surface area contributed by atoms with E-state index >= 15 is 0 Å². The number of nitrogens with two attached hydrogens (primary N) is 1. The molecule has 0 aliphatic heterocycles. The Morgan fingerprint density at radius 2 is 1.80 bits per heavy atom. The van der Waals surface area contributed by atoms with Crippen LogP contribution in [0.5, 0.6) is 0 Å². The molecule has 0 atom stereocenters. The second-order valence-electron chi connectivity index (χ2n) is 3.89. The van der Waals surface area contributed by atoms with Crippen molar-refractivity contribution in [3.8, 4) is 0 Å². The van der Waals surface area contributed by atoms with Gasteiger partial charge in [0.05, 0.1) is 23.0 Å². The van der Waals surface area contributed by atoms with E-state index in [1.807, 2.05) is 0 Å². The second kappa shape index (κ2) is 6.61. The third kappa shape index (κ3) is 3.87. The van der Waals surface area contributed by atoms with Crippen molar-refractivity contribution in [2.24, 2.45) is 5.14 Å². The van der Waals surface area contributed by atoms with E-state index in [0.717, 1.165) is 12.1 Å². The van der Waals surface area contributed by atoms with Crippen LogP contribution in [0.2, 0.25) is 0 Å². The molecule has 0 radical (unpaired) electrons. The number of aliphatic hydroxyl groups is 2. The van der Waals surface area contributed by atoms with Crippen molar-refractivity contribution in [3.05, 3.63) is 28.3 Å². The maximum atomic E-state index is 11.2. The second-order valence-corrected chi connectivity index (χ2v) is 5.45. The average Bonchev–Trinajstić information content (AvgIpc) is 2.36. The Kier molecular flexibility index (Phi) is 5.39. The van der Waals surface area contributed by atoms with Crippen LogP contribution in [-0.2, 0) is 10.0 Å². The van der Waals surface area contributed by atoms with Crippen molar-refractivity contribution in [1.29, 1.82) is 0 Å². The lowest BCUT2D eigenvalue weighted by atomic mass is 10.2. The van der Waals surface area contributed by atoms with E-state index in [1.54, 1.807) is 0 Å². The maximum Gasteiger partial charge on any atom is 0.293 e. The van der Waals surface area contributed by atoms with E-state index in [9.17, 15) is 18.5 Å². The van der Waals surface area contributed by atoms with Gasteiger partial charge < -0.3 is 15.1 Å². The summed E-state index contributed by atoms with van der Waals surface area (Å²) in [7, 11) is -4.05. The molecular formula is C10H15N3O6S. The maximum absolute atomic E-state index is 11.2. The normalized spacial score (nSPS) is 11.3. The quantitative estimate of drug-likeness (QED) is 0.434. The molecule has 0 aliphatic rings. The molecule has 112 valence electrons. The number of benzene rings is 1. The Bertz CT molecular complexity index is 583. The van der Waals surface area contributed by atoms with E-state index in [2.05, 4.69) is 0 Å². The lowest BCUT2D eigenvalue weighted by Gasteiger charge is -2.22. The minimum atomic E-state index is -4.05. The van der Waals surface area contributed by atoms with Crippen molar-refractivity contribution in [3.63, 3.8) is 0 Å². The Morgan fingerprint density at radius 1 is 1.25 bits per heavy atom. The zero-order valence-corrected chi connectivity index (χ0v) is 11.3. The molecule has 0 amide bonds. The fraction of sp³-hybridized carbons (Fsp3) is 0.400. The fourth-order valence-electron chi connectivity index (χ4n) is 1.69. The molecule has 0 fully saturated rings. The van der Waals surface area contributed by atoms with Crippen LogP contribution in [0.15, 0.2) is 23.1 Å². The molecule has 1 rings (SSSR count). The third-order valence-corrected chi connectivity index (χ3v) is 3.46. The van der Waals surface area contributed by atoms with Crippen molar-refractivity contribution >= 4 is 21.4 Å². The topological polar surface area (TPSA) is 147 Å². The Hall–Kier alpha value is -1.75. The smallest absolute Gasteiger partial charge is 0.293 e. The van der Waals surface area contributed by atoms with Gasteiger partial charge in [-0.1, -0.05) is 0 Å². The zero-order valence-electron chi connectivity index (χ0n) is 10.5. The summed E-state index contributed by atoms with van der Waals surface area (Å²) >= 11 is 0. The van der Waals surface area contributed by atoms with Crippen LogP contribution in [-0.4, -0.2) is 49.9 Å². The van der Waals surface area contributed by atoms with Gasteiger partial charge in [0.15, 0.2) is 0 Å². The number of nitro groups is 1. The summed E-state index contributed by atoms with van der Waals surface area (Å²) in [6, 6.07) is 3.22. The van der Waals surface area contributed by atoms with Gasteiger partial charge in [0.2, 0.25) is 10.0 Å². The molecule has 1 aromatic carbocycles. The molecule has 0 unspecified atom stereocenters. The lowest BCUT2D eigenvalue weighted by molar-refractivity contribution is -0.384. The third-order valence-electron chi connectivity index (χ3n) is 2.55. The standard InChI is InChI=1S/C10H15N3O6S/c11-20(18,19)8-1-2-9(10(7-8)13(16)17)12(3-5-14)4-6-15/h1-2,7,14-15H,3-6H2,(H2,11,18,19). The van der Waals surface area contributed by atoms with Gasteiger partial charge in [-0.15, -0.1) is 0 Å². The molecule has 0 bridgehead atoms. The van der Waals surface area contributed by atoms with Gasteiger partial charge >= 0.3 is 0 Å². The van der Waals surface area contributed by atoms with Gasteiger partial charge in [-0.25, -0.2) is 13.6 Å².